The molecule has 0 saturated carbocycles. The Morgan fingerprint density at radius 3 is 1.14 bits per heavy atom. The number of nitrogens with one attached hydrogen (secondary N) is 1. The fraction of sp³-hybridized carbons (Fsp3) is 0.776. The molecular weight excluding hydrogens is 1210 g/mol. The van der Waals surface area contributed by atoms with E-state index in [1.165, 1.54) is 109 Å². The molecule has 1 amide bonds. The van der Waals surface area contributed by atoms with Crippen LogP contribution in [0.3, 0.4) is 0 Å². The van der Waals surface area contributed by atoms with E-state index in [-0.39, 0.29) is 18.9 Å². The minimum atomic E-state index is -1.97. The minimum Gasteiger partial charge on any atom is -0.394 e. The Morgan fingerprint density at radius 2 is 0.726 bits per heavy atom. The van der Waals surface area contributed by atoms with Crippen molar-refractivity contribution in [3.05, 3.63) is 97.2 Å². The lowest BCUT2D eigenvalue weighted by molar-refractivity contribution is -0.379. The Balaban J connectivity index is 1.30. The third-order valence-electron chi connectivity index (χ3n) is 17.9. The first-order valence-electron chi connectivity index (χ1n) is 37.0. The van der Waals surface area contributed by atoms with Crippen LogP contribution in [0.25, 0.3) is 0 Å². The maximum Gasteiger partial charge on any atom is 0.220 e. The zero-order valence-electron chi connectivity index (χ0n) is 58.1. The lowest BCUT2D eigenvalue weighted by Gasteiger charge is -2.48. The number of amides is 1. The SMILES string of the molecule is CC/C=C\C/C=C\C/C=C\C/C=C\C/C=C\C/C=C\C/C=C\C/C=C\CCCCCCCCCCCCCCCCC(=O)NC(COC1OC(CO)C(OC2OC(CO)C(OC3OC(CO)C(O)C(O)C3O)C(O)C2O)C(O)C1O)C(O)CCCCCCCCCCCCC. The Bertz CT molecular complexity index is 2100. The highest BCUT2D eigenvalue weighted by Crippen LogP contribution is 2.33. The molecule has 0 aromatic carbocycles. The lowest BCUT2D eigenvalue weighted by atomic mass is 9.96. The summed E-state index contributed by atoms with van der Waals surface area (Å²) in [7, 11) is 0. The molecule has 19 nitrogen and oxygen atoms in total. The van der Waals surface area contributed by atoms with Crippen molar-refractivity contribution in [3.8, 4) is 0 Å². The van der Waals surface area contributed by atoms with Gasteiger partial charge in [-0.2, -0.15) is 0 Å². The molecule has 0 aromatic rings. The van der Waals surface area contributed by atoms with E-state index >= 15 is 0 Å². The summed E-state index contributed by atoms with van der Waals surface area (Å²) >= 11 is 0. The molecule has 0 aliphatic carbocycles. The molecule has 3 aliphatic heterocycles. The summed E-state index contributed by atoms with van der Waals surface area (Å²) in [5.74, 6) is -0.247. The molecule has 0 aromatic heterocycles. The second kappa shape index (κ2) is 56.5. The number of aliphatic hydroxyl groups excluding tert-OH is 11. The van der Waals surface area contributed by atoms with Crippen LogP contribution in [0.5, 0.6) is 0 Å². The van der Waals surface area contributed by atoms with Crippen LogP contribution in [-0.4, -0.2) is 193 Å². The zero-order valence-corrected chi connectivity index (χ0v) is 58.1. The van der Waals surface area contributed by atoms with Crippen LogP contribution in [0, 0.1) is 0 Å². The van der Waals surface area contributed by atoms with Crippen molar-refractivity contribution >= 4 is 5.91 Å². The number of rotatable bonds is 56. The normalized spacial score (nSPS) is 27.8. The van der Waals surface area contributed by atoms with Gasteiger partial charge in [-0.25, -0.2) is 0 Å². The largest absolute Gasteiger partial charge is 0.394 e. The molecule has 95 heavy (non-hydrogen) atoms. The maximum absolute atomic E-state index is 13.4. The molecular formula is C76H131NO18. The first-order valence-corrected chi connectivity index (χ1v) is 37.0. The molecule has 3 fully saturated rings. The molecule has 0 bridgehead atoms. The molecule has 0 radical (unpaired) electrons. The van der Waals surface area contributed by atoms with Crippen LogP contribution in [0.2, 0.25) is 0 Å². The Labute approximate surface area is 571 Å². The van der Waals surface area contributed by atoms with Crippen molar-refractivity contribution in [3.63, 3.8) is 0 Å². The predicted octanol–water partition coefficient (Wildman–Crippen LogP) is 10.8. The van der Waals surface area contributed by atoms with Gasteiger partial charge in [-0.05, 0) is 77.0 Å². The van der Waals surface area contributed by atoms with Gasteiger partial charge >= 0.3 is 0 Å². The molecule has 3 aliphatic rings. The van der Waals surface area contributed by atoms with Crippen molar-refractivity contribution in [2.75, 3.05) is 26.4 Å². The zero-order chi connectivity index (χ0) is 68.9. The summed E-state index contributed by atoms with van der Waals surface area (Å²) in [6.45, 7) is 1.66. The van der Waals surface area contributed by atoms with E-state index in [4.69, 9.17) is 28.4 Å². The monoisotopic (exact) mass is 1350 g/mol. The number of carbonyl (C=O) groups excluding carboxylic acids is 1. The first-order chi connectivity index (χ1) is 46.3. The molecule has 19 heteroatoms. The second-order valence-electron chi connectivity index (χ2n) is 26.0. The topological polar surface area (TPSA) is 307 Å². The fourth-order valence-corrected chi connectivity index (χ4v) is 12.0. The number of aliphatic hydroxyl groups is 11. The third-order valence-corrected chi connectivity index (χ3v) is 17.9. The van der Waals surface area contributed by atoms with Gasteiger partial charge in [-0.15, -0.1) is 0 Å². The molecule has 3 saturated heterocycles. The van der Waals surface area contributed by atoms with E-state index < -0.39 is 124 Å². The second-order valence-corrected chi connectivity index (χ2v) is 26.0. The molecule has 0 spiro atoms. The van der Waals surface area contributed by atoms with Gasteiger partial charge in [0, 0.05) is 6.42 Å². The molecule has 17 atom stereocenters. The smallest absolute Gasteiger partial charge is 0.220 e. The van der Waals surface area contributed by atoms with Crippen molar-refractivity contribution in [2.24, 2.45) is 0 Å². The Kier molecular flexibility index (Phi) is 51.1. The third kappa shape index (κ3) is 37.6. The number of hydrogen-bond acceptors (Lipinski definition) is 18. The lowest BCUT2D eigenvalue weighted by Crippen LogP contribution is -2.66. The van der Waals surface area contributed by atoms with Crippen LogP contribution in [-0.2, 0) is 33.2 Å². The average molecular weight is 1350 g/mol. The first kappa shape index (κ1) is 85.9. The average Bonchev–Trinajstić information content (AvgIpc) is 0.787. The van der Waals surface area contributed by atoms with E-state index in [9.17, 15) is 61.0 Å². The number of allylic oxidation sites excluding steroid dienone is 16. The fourth-order valence-electron chi connectivity index (χ4n) is 12.0. The number of carbonyl (C=O) groups is 1. The van der Waals surface area contributed by atoms with Crippen LogP contribution in [0.15, 0.2) is 97.2 Å². The van der Waals surface area contributed by atoms with E-state index in [2.05, 4.69) is 116 Å². The summed E-state index contributed by atoms with van der Waals surface area (Å²) in [6.07, 6.45) is 48.0. The van der Waals surface area contributed by atoms with E-state index in [1.807, 2.05) is 0 Å². The van der Waals surface area contributed by atoms with Gasteiger partial charge in [0.2, 0.25) is 5.91 Å². The van der Waals surface area contributed by atoms with Crippen molar-refractivity contribution in [1.29, 1.82) is 0 Å². The summed E-state index contributed by atoms with van der Waals surface area (Å²) in [6, 6.07) is -0.891. The van der Waals surface area contributed by atoms with Crippen LogP contribution in [0.4, 0.5) is 0 Å². The molecule has 3 rings (SSSR count). The highest BCUT2D eigenvalue weighted by atomic mass is 16.8. The van der Waals surface area contributed by atoms with Gasteiger partial charge in [-0.3, -0.25) is 4.79 Å². The summed E-state index contributed by atoms with van der Waals surface area (Å²) < 4.78 is 34.4. The highest BCUT2D eigenvalue weighted by molar-refractivity contribution is 5.76. The minimum absolute atomic E-state index is 0.247. The summed E-state index contributed by atoms with van der Waals surface area (Å²) in [4.78, 5) is 13.4. The van der Waals surface area contributed by atoms with Gasteiger partial charge in [0.15, 0.2) is 18.9 Å². The van der Waals surface area contributed by atoms with Crippen LogP contribution < -0.4 is 5.32 Å². The Morgan fingerprint density at radius 1 is 0.389 bits per heavy atom. The highest BCUT2D eigenvalue weighted by Gasteiger charge is 2.53. The van der Waals surface area contributed by atoms with Gasteiger partial charge in [0.25, 0.3) is 0 Å². The van der Waals surface area contributed by atoms with Gasteiger partial charge in [-0.1, -0.05) is 259 Å². The molecule has 12 N–H and O–H groups in total. The number of unbranched alkanes of at least 4 members (excludes halogenated alkanes) is 24. The predicted molar refractivity (Wildman–Crippen MR) is 374 cm³/mol. The number of ether oxygens (including phenoxy) is 6. The molecule has 3 heterocycles. The van der Waals surface area contributed by atoms with Gasteiger partial charge in [0.1, 0.15) is 73.2 Å². The van der Waals surface area contributed by atoms with Crippen molar-refractivity contribution in [1.82, 2.24) is 5.32 Å². The van der Waals surface area contributed by atoms with E-state index in [1.54, 1.807) is 0 Å². The van der Waals surface area contributed by atoms with Crippen molar-refractivity contribution in [2.45, 2.75) is 349 Å². The summed E-state index contributed by atoms with van der Waals surface area (Å²) in [5, 5.41) is 121. The van der Waals surface area contributed by atoms with Crippen molar-refractivity contribution < 1.29 is 89.4 Å². The van der Waals surface area contributed by atoms with Gasteiger partial charge in [0.05, 0.1) is 38.6 Å². The number of hydrogen-bond donors (Lipinski definition) is 12. The Hall–Kier alpha value is -3.29. The van der Waals surface area contributed by atoms with E-state index in [0.717, 1.165) is 103 Å². The summed E-state index contributed by atoms with van der Waals surface area (Å²) in [5.41, 5.74) is 0. The molecule has 17 unspecified atom stereocenters. The quantitative estimate of drug-likeness (QED) is 0.0199. The van der Waals surface area contributed by atoms with Gasteiger partial charge < -0.3 is 89.9 Å². The standard InChI is InChI=1S/C76H131NO18/c1-3-5-7-9-11-13-15-16-17-18-19-20-21-22-23-24-25-26-27-28-29-30-31-32-33-34-35-36-37-38-39-40-41-42-44-46-48-50-52-54-64(82)77-59(60(81)53-51-49-47-45-43-14-12-10-8-6-4-2)58-90-74-70(88)67(85)72(62(56-79)92-74)95-76-71(89)68(86)73(63(57-80)93-76)94-75-69(87)66(84)65(83)61(55-78)91-75/h5,7,11,13,16-17,19-20,22-23,25-26,28-29,31-32,59-63,65-76,78-81,83-89H,3-4,6,8-10,12,14-15,18,21,24,27,30,33-58H2,1-2H3,(H,77,82)/b7-5-,13-11-,17-16-,20-19-,23-22-,26-25-,29-28-,32-31-. The van der Waals surface area contributed by atoms with Crippen LogP contribution >= 0.6 is 0 Å². The molecule has 548 valence electrons. The van der Waals surface area contributed by atoms with E-state index in [0.29, 0.717) is 12.8 Å². The van der Waals surface area contributed by atoms with Crippen LogP contribution in [0.1, 0.15) is 245 Å². The maximum atomic E-state index is 13.4.